The Morgan fingerprint density at radius 3 is 2.91 bits per heavy atom. The summed E-state index contributed by atoms with van der Waals surface area (Å²) >= 11 is 0. The minimum absolute atomic E-state index is 0.339. The van der Waals surface area contributed by atoms with Gasteiger partial charge in [0, 0.05) is 0 Å². The number of esters is 1. The second-order valence-electron chi connectivity index (χ2n) is 2.39. The number of allylic oxidation sites excluding steroid dienone is 1. The third-order valence-corrected chi connectivity index (χ3v) is 1.17. The molecule has 0 bridgehead atoms. The summed E-state index contributed by atoms with van der Waals surface area (Å²) in [4.78, 5) is 10.7. The Kier molecular flexibility index (Phi) is 5.47. The Labute approximate surface area is 67.2 Å². The molecular weight excluding hydrogens is 142 g/mol. The molecular formula is C8H15NO2. The number of hydrogen-bond acceptors (Lipinski definition) is 3. The van der Waals surface area contributed by atoms with E-state index in [2.05, 4.69) is 6.58 Å². The highest BCUT2D eigenvalue weighted by molar-refractivity contribution is 5.74. The highest BCUT2D eigenvalue weighted by Crippen LogP contribution is 1.91. The molecule has 0 aromatic carbocycles. The van der Waals surface area contributed by atoms with Gasteiger partial charge in [0.25, 0.3) is 0 Å². The van der Waals surface area contributed by atoms with Gasteiger partial charge in [0.05, 0.1) is 6.61 Å². The van der Waals surface area contributed by atoms with Gasteiger partial charge in [0.1, 0.15) is 6.04 Å². The maximum atomic E-state index is 10.7. The molecule has 0 amide bonds. The van der Waals surface area contributed by atoms with Crippen LogP contribution in [0.1, 0.15) is 19.8 Å². The van der Waals surface area contributed by atoms with Crippen LogP contribution in [0.3, 0.4) is 0 Å². The van der Waals surface area contributed by atoms with Crippen LogP contribution in [0.5, 0.6) is 0 Å². The lowest BCUT2D eigenvalue weighted by atomic mass is 10.3. The summed E-state index contributed by atoms with van der Waals surface area (Å²) in [7, 11) is 0. The van der Waals surface area contributed by atoms with Crippen molar-refractivity contribution >= 4 is 5.97 Å². The number of ether oxygens (including phenoxy) is 1. The molecule has 1 atom stereocenters. The summed E-state index contributed by atoms with van der Waals surface area (Å²) in [6.07, 6.45) is 3.48. The summed E-state index contributed by atoms with van der Waals surface area (Å²) in [5.41, 5.74) is 5.26. The number of rotatable bonds is 5. The van der Waals surface area contributed by atoms with E-state index >= 15 is 0 Å². The Morgan fingerprint density at radius 2 is 2.45 bits per heavy atom. The SMILES string of the molecule is C=CCCCOC(=O)[C@H](C)N. The number of hydrogen-bond donors (Lipinski definition) is 1. The first-order valence-electron chi connectivity index (χ1n) is 3.71. The standard InChI is InChI=1S/C8H15NO2/c1-3-4-5-6-11-8(10)7(2)9/h3,7H,1,4-6,9H2,2H3/t7-/m0/s1. The van der Waals surface area contributed by atoms with Crippen LogP contribution in [-0.2, 0) is 9.53 Å². The van der Waals surface area contributed by atoms with Crippen molar-refractivity contribution in [2.75, 3.05) is 6.61 Å². The van der Waals surface area contributed by atoms with Gasteiger partial charge in [-0.15, -0.1) is 6.58 Å². The lowest BCUT2D eigenvalue weighted by Gasteiger charge is -2.05. The van der Waals surface area contributed by atoms with Crippen LogP contribution in [-0.4, -0.2) is 18.6 Å². The first-order valence-corrected chi connectivity index (χ1v) is 3.71. The molecule has 3 nitrogen and oxygen atoms in total. The minimum atomic E-state index is -0.515. The Balaban J connectivity index is 3.24. The van der Waals surface area contributed by atoms with Crippen molar-refractivity contribution < 1.29 is 9.53 Å². The summed E-state index contributed by atoms with van der Waals surface area (Å²) in [6, 6.07) is -0.515. The van der Waals surface area contributed by atoms with E-state index in [-0.39, 0.29) is 5.97 Å². The fourth-order valence-corrected chi connectivity index (χ4v) is 0.532. The van der Waals surface area contributed by atoms with Gasteiger partial charge in [0.15, 0.2) is 0 Å². The highest BCUT2D eigenvalue weighted by atomic mass is 16.5. The smallest absolute Gasteiger partial charge is 0.322 e. The molecule has 0 unspecified atom stereocenters. The van der Waals surface area contributed by atoms with Crippen molar-refractivity contribution in [3.05, 3.63) is 12.7 Å². The third kappa shape index (κ3) is 5.61. The van der Waals surface area contributed by atoms with Gasteiger partial charge in [0.2, 0.25) is 0 Å². The predicted molar refractivity (Wildman–Crippen MR) is 44.0 cm³/mol. The van der Waals surface area contributed by atoms with E-state index in [4.69, 9.17) is 10.5 Å². The number of carbonyl (C=O) groups is 1. The van der Waals surface area contributed by atoms with E-state index in [0.29, 0.717) is 6.61 Å². The van der Waals surface area contributed by atoms with Gasteiger partial charge >= 0.3 is 5.97 Å². The summed E-state index contributed by atoms with van der Waals surface area (Å²) in [5, 5.41) is 0. The molecule has 64 valence electrons. The highest BCUT2D eigenvalue weighted by Gasteiger charge is 2.06. The molecule has 0 heterocycles. The van der Waals surface area contributed by atoms with E-state index in [1.165, 1.54) is 0 Å². The molecule has 0 spiro atoms. The van der Waals surface area contributed by atoms with E-state index in [1.54, 1.807) is 13.0 Å². The molecule has 3 heteroatoms. The predicted octanol–water partition coefficient (Wildman–Crippen LogP) is 0.843. The van der Waals surface area contributed by atoms with Crippen LogP contribution >= 0.6 is 0 Å². The topological polar surface area (TPSA) is 52.3 Å². The largest absolute Gasteiger partial charge is 0.465 e. The Bertz CT molecular complexity index is 132. The Hall–Kier alpha value is -0.830. The van der Waals surface area contributed by atoms with Gasteiger partial charge in [-0.1, -0.05) is 6.08 Å². The van der Waals surface area contributed by atoms with Crippen molar-refractivity contribution in [1.29, 1.82) is 0 Å². The third-order valence-electron chi connectivity index (χ3n) is 1.17. The van der Waals surface area contributed by atoms with E-state index in [1.807, 2.05) is 0 Å². The molecule has 0 aromatic rings. The van der Waals surface area contributed by atoms with E-state index in [0.717, 1.165) is 12.8 Å². The van der Waals surface area contributed by atoms with Crippen LogP contribution in [0, 0.1) is 0 Å². The van der Waals surface area contributed by atoms with Crippen molar-refractivity contribution in [1.82, 2.24) is 0 Å². The maximum Gasteiger partial charge on any atom is 0.322 e. The average Bonchev–Trinajstić information content (AvgIpc) is 1.97. The maximum absolute atomic E-state index is 10.7. The van der Waals surface area contributed by atoms with Crippen LogP contribution in [0.4, 0.5) is 0 Å². The number of carbonyl (C=O) groups excluding carboxylic acids is 1. The fraction of sp³-hybridized carbons (Fsp3) is 0.625. The molecule has 2 N–H and O–H groups in total. The number of nitrogens with two attached hydrogens (primary N) is 1. The second kappa shape index (κ2) is 5.92. The van der Waals surface area contributed by atoms with Gasteiger partial charge < -0.3 is 10.5 Å². The lowest BCUT2D eigenvalue weighted by Crippen LogP contribution is -2.28. The summed E-state index contributed by atoms with van der Waals surface area (Å²) in [5.74, 6) is -0.339. The first kappa shape index (κ1) is 10.2. The zero-order chi connectivity index (χ0) is 8.69. The van der Waals surface area contributed by atoms with E-state index in [9.17, 15) is 4.79 Å². The molecule has 0 radical (unpaired) electrons. The zero-order valence-corrected chi connectivity index (χ0v) is 6.88. The summed E-state index contributed by atoms with van der Waals surface area (Å²) < 4.78 is 4.79. The van der Waals surface area contributed by atoms with Gasteiger partial charge in [-0.2, -0.15) is 0 Å². The molecule has 0 aromatic heterocycles. The van der Waals surface area contributed by atoms with Crippen molar-refractivity contribution in [2.24, 2.45) is 5.73 Å². The first-order chi connectivity index (χ1) is 5.18. The molecule has 0 aliphatic rings. The summed E-state index contributed by atoms with van der Waals surface area (Å²) in [6.45, 7) is 5.59. The van der Waals surface area contributed by atoms with Crippen LogP contribution in [0.25, 0.3) is 0 Å². The average molecular weight is 157 g/mol. The zero-order valence-electron chi connectivity index (χ0n) is 6.88. The van der Waals surface area contributed by atoms with Crippen LogP contribution in [0.2, 0.25) is 0 Å². The monoisotopic (exact) mass is 157 g/mol. The van der Waals surface area contributed by atoms with E-state index < -0.39 is 6.04 Å². The lowest BCUT2D eigenvalue weighted by molar-refractivity contribution is -0.144. The quantitative estimate of drug-likeness (QED) is 0.365. The fourth-order valence-electron chi connectivity index (χ4n) is 0.532. The second-order valence-corrected chi connectivity index (χ2v) is 2.39. The van der Waals surface area contributed by atoms with Gasteiger partial charge in [-0.05, 0) is 19.8 Å². The van der Waals surface area contributed by atoms with Crippen LogP contribution in [0.15, 0.2) is 12.7 Å². The van der Waals surface area contributed by atoms with Crippen LogP contribution < -0.4 is 5.73 Å². The molecule has 0 fully saturated rings. The molecule has 0 aliphatic carbocycles. The van der Waals surface area contributed by atoms with Gasteiger partial charge in [-0.3, -0.25) is 4.79 Å². The van der Waals surface area contributed by atoms with Gasteiger partial charge in [-0.25, -0.2) is 0 Å². The molecule has 0 saturated carbocycles. The van der Waals surface area contributed by atoms with Crippen molar-refractivity contribution in [3.63, 3.8) is 0 Å². The molecule has 0 rings (SSSR count). The normalized spacial score (nSPS) is 12.2. The molecule has 0 aliphatic heterocycles. The van der Waals surface area contributed by atoms with Crippen molar-refractivity contribution in [2.45, 2.75) is 25.8 Å². The molecule has 11 heavy (non-hydrogen) atoms. The Morgan fingerprint density at radius 1 is 1.82 bits per heavy atom. The van der Waals surface area contributed by atoms with Crippen molar-refractivity contribution in [3.8, 4) is 0 Å². The minimum Gasteiger partial charge on any atom is -0.465 e. The number of unbranched alkanes of at least 4 members (excludes halogenated alkanes) is 1. The molecule has 0 saturated heterocycles.